The Hall–Kier alpha value is -1.57. The van der Waals surface area contributed by atoms with Crippen LogP contribution >= 0.6 is 0 Å². The highest BCUT2D eigenvalue weighted by atomic mass is 16.5. The molecule has 0 aliphatic heterocycles. The maximum atomic E-state index is 11.9. The fraction of sp³-hybridized carbons (Fsp3) is 0.526. The van der Waals surface area contributed by atoms with Crippen LogP contribution in [0.3, 0.4) is 0 Å². The van der Waals surface area contributed by atoms with Gasteiger partial charge in [-0.05, 0) is 43.7 Å². The molecule has 0 spiro atoms. The monoisotopic (exact) mass is 286 g/mol. The highest BCUT2D eigenvalue weighted by Gasteiger charge is 2.20. The van der Waals surface area contributed by atoms with Gasteiger partial charge in [-0.3, -0.25) is 0 Å². The molecule has 0 saturated heterocycles. The molecule has 0 aromatic heterocycles. The molecule has 0 amide bonds. The third-order valence-corrected chi connectivity index (χ3v) is 4.16. The minimum absolute atomic E-state index is 0.122. The van der Waals surface area contributed by atoms with E-state index in [1.807, 2.05) is 6.07 Å². The van der Waals surface area contributed by atoms with Gasteiger partial charge in [-0.25, -0.2) is 4.79 Å². The van der Waals surface area contributed by atoms with Crippen LogP contribution in [-0.2, 0) is 16.0 Å². The lowest BCUT2D eigenvalue weighted by molar-refractivity contribution is -0.145. The molecule has 0 N–H and O–H groups in total. The largest absolute Gasteiger partial charge is 0.454 e. The van der Waals surface area contributed by atoms with Gasteiger partial charge >= 0.3 is 5.97 Å². The van der Waals surface area contributed by atoms with E-state index in [0.29, 0.717) is 5.57 Å². The average molecular weight is 286 g/mol. The van der Waals surface area contributed by atoms with Crippen molar-refractivity contribution in [1.29, 1.82) is 0 Å². The third-order valence-electron chi connectivity index (χ3n) is 4.16. The van der Waals surface area contributed by atoms with Gasteiger partial charge in [0.25, 0.3) is 0 Å². The summed E-state index contributed by atoms with van der Waals surface area (Å²) < 4.78 is 5.71. The number of aryl methyl sites for hydroxylation is 1. The second kappa shape index (κ2) is 8.02. The summed E-state index contributed by atoms with van der Waals surface area (Å²) >= 11 is 0. The van der Waals surface area contributed by atoms with Crippen molar-refractivity contribution >= 4 is 5.97 Å². The predicted molar refractivity (Wildman–Crippen MR) is 86.1 cm³/mol. The molecule has 0 saturated carbocycles. The van der Waals surface area contributed by atoms with E-state index in [1.165, 1.54) is 43.2 Å². The topological polar surface area (TPSA) is 26.3 Å². The van der Waals surface area contributed by atoms with Crippen LogP contribution in [0, 0.1) is 0 Å². The lowest BCUT2D eigenvalue weighted by Gasteiger charge is -2.21. The molecule has 1 aliphatic carbocycles. The number of fused-ring (bicyclic) bond motifs is 1. The molecule has 0 radical (unpaired) electrons. The summed E-state index contributed by atoms with van der Waals surface area (Å²) in [5.41, 5.74) is 3.00. The van der Waals surface area contributed by atoms with Crippen molar-refractivity contribution in [3.05, 3.63) is 47.5 Å². The van der Waals surface area contributed by atoms with Crippen molar-refractivity contribution in [2.45, 2.75) is 64.4 Å². The fourth-order valence-corrected chi connectivity index (χ4v) is 2.94. The molecule has 1 aromatic carbocycles. The summed E-state index contributed by atoms with van der Waals surface area (Å²) in [4.78, 5) is 11.9. The maximum Gasteiger partial charge on any atom is 0.333 e. The van der Waals surface area contributed by atoms with Crippen LogP contribution in [0.5, 0.6) is 0 Å². The van der Waals surface area contributed by atoms with Gasteiger partial charge in [0.2, 0.25) is 0 Å². The van der Waals surface area contributed by atoms with Crippen molar-refractivity contribution in [2.24, 2.45) is 0 Å². The number of rotatable bonds is 2. The van der Waals surface area contributed by atoms with Crippen LogP contribution in [0.2, 0.25) is 0 Å². The first-order valence-electron chi connectivity index (χ1n) is 8.13. The normalized spacial score (nSPS) is 20.0. The summed E-state index contributed by atoms with van der Waals surface area (Å²) in [6.07, 6.45) is 9.33. The van der Waals surface area contributed by atoms with Gasteiger partial charge in [0.15, 0.2) is 0 Å². The maximum absolute atomic E-state index is 11.9. The van der Waals surface area contributed by atoms with E-state index in [1.54, 1.807) is 6.92 Å². The molecule has 2 rings (SSSR count). The Balaban J connectivity index is 2.22. The van der Waals surface area contributed by atoms with Gasteiger partial charge in [-0.15, -0.1) is 0 Å². The number of benzene rings is 1. The van der Waals surface area contributed by atoms with Crippen molar-refractivity contribution < 1.29 is 9.53 Å². The number of carbonyl (C=O) groups excluding carboxylic acids is 1. The molecule has 1 atom stereocenters. The standard InChI is InChI=1S/C19H26O2/c1-15(2)19(20)21-18-14-8-6-4-3-5-7-11-16-12-9-10-13-17(16)18/h9-10,12-13,18H,1,3-8,11,14H2,2H3. The Morgan fingerprint density at radius 3 is 2.52 bits per heavy atom. The SMILES string of the molecule is C=C(C)C(=O)OC1CCCCCCCCc2ccccc21. The smallest absolute Gasteiger partial charge is 0.333 e. The second-order valence-electron chi connectivity index (χ2n) is 6.03. The molecule has 0 bridgehead atoms. The Bertz CT molecular complexity index is 490. The van der Waals surface area contributed by atoms with E-state index in [4.69, 9.17) is 4.74 Å². The quantitative estimate of drug-likeness (QED) is 0.556. The van der Waals surface area contributed by atoms with Gasteiger partial charge < -0.3 is 4.74 Å². The van der Waals surface area contributed by atoms with Crippen molar-refractivity contribution in [3.8, 4) is 0 Å². The Labute approximate surface area is 128 Å². The van der Waals surface area contributed by atoms with E-state index >= 15 is 0 Å². The zero-order valence-electron chi connectivity index (χ0n) is 13.1. The van der Waals surface area contributed by atoms with Gasteiger partial charge in [0.05, 0.1) is 0 Å². The van der Waals surface area contributed by atoms with Gasteiger partial charge in [-0.1, -0.05) is 56.5 Å². The highest BCUT2D eigenvalue weighted by Crippen LogP contribution is 2.30. The zero-order valence-corrected chi connectivity index (χ0v) is 13.1. The summed E-state index contributed by atoms with van der Waals surface area (Å²) in [6.45, 7) is 5.40. The van der Waals surface area contributed by atoms with Crippen molar-refractivity contribution in [2.75, 3.05) is 0 Å². The first kappa shape index (κ1) is 15.8. The molecule has 0 heterocycles. The Kier molecular flexibility index (Phi) is 6.04. The summed E-state index contributed by atoms with van der Waals surface area (Å²) in [5.74, 6) is -0.273. The van der Waals surface area contributed by atoms with Crippen LogP contribution in [-0.4, -0.2) is 5.97 Å². The lowest BCUT2D eigenvalue weighted by atomic mass is 9.95. The first-order valence-corrected chi connectivity index (χ1v) is 8.13. The molecule has 2 nitrogen and oxygen atoms in total. The molecule has 1 aliphatic rings. The van der Waals surface area contributed by atoms with E-state index in [-0.39, 0.29) is 12.1 Å². The van der Waals surface area contributed by atoms with Gasteiger partial charge in [0, 0.05) is 5.57 Å². The number of hydrogen-bond donors (Lipinski definition) is 0. The van der Waals surface area contributed by atoms with Gasteiger partial charge in [-0.2, -0.15) is 0 Å². The van der Waals surface area contributed by atoms with Crippen molar-refractivity contribution in [3.63, 3.8) is 0 Å². The number of hydrogen-bond acceptors (Lipinski definition) is 2. The van der Waals surface area contributed by atoms with E-state index in [9.17, 15) is 4.79 Å². The highest BCUT2D eigenvalue weighted by molar-refractivity contribution is 5.87. The second-order valence-corrected chi connectivity index (χ2v) is 6.03. The predicted octanol–water partition coefficient (Wildman–Crippen LogP) is 5.13. The lowest BCUT2D eigenvalue weighted by Crippen LogP contribution is -2.13. The van der Waals surface area contributed by atoms with E-state index in [2.05, 4.69) is 24.8 Å². The Morgan fingerprint density at radius 2 is 1.76 bits per heavy atom. The molecule has 1 aromatic rings. The average Bonchev–Trinajstić information content (AvgIpc) is 2.52. The van der Waals surface area contributed by atoms with Gasteiger partial charge in [0.1, 0.15) is 6.10 Å². The van der Waals surface area contributed by atoms with Crippen LogP contribution in [0.1, 0.15) is 69.1 Å². The zero-order chi connectivity index (χ0) is 15.1. The number of esters is 1. The molecule has 2 heteroatoms. The van der Waals surface area contributed by atoms with Crippen LogP contribution in [0.25, 0.3) is 0 Å². The van der Waals surface area contributed by atoms with Crippen LogP contribution < -0.4 is 0 Å². The third kappa shape index (κ3) is 4.73. The summed E-state index contributed by atoms with van der Waals surface area (Å²) in [6, 6.07) is 8.41. The first-order chi connectivity index (χ1) is 10.2. The molecule has 114 valence electrons. The molecule has 21 heavy (non-hydrogen) atoms. The molecule has 1 unspecified atom stereocenters. The van der Waals surface area contributed by atoms with Crippen molar-refractivity contribution in [1.82, 2.24) is 0 Å². The minimum atomic E-state index is -0.273. The molecule has 0 fully saturated rings. The molecular formula is C19H26O2. The number of carbonyl (C=O) groups is 1. The van der Waals surface area contributed by atoms with E-state index < -0.39 is 0 Å². The van der Waals surface area contributed by atoms with Crippen LogP contribution in [0.4, 0.5) is 0 Å². The Morgan fingerprint density at radius 1 is 1.10 bits per heavy atom. The summed E-state index contributed by atoms with van der Waals surface area (Å²) in [7, 11) is 0. The fourth-order valence-electron chi connectivity index (χ4n) is 2.94. The number of ether oxygens (including phenoxy) is 1. The van der Waals surface area contributed by atoms with Crippen LogP contribution in [0.15, 0.2) is 36.4 Å². The minimum Gasteiger partial charge on any atom is -0.454 e. The van der Waals surface area contributed by atoms with E-state index in [0.717, 1.165) is 19.3 Å². The molecular weight excluding hydrogens is 260 g/mol. The summed E-state index contributed by atoms with van der Waals surface area (Å²) in [5, 5.41) is 0.